The molecule has 20 heavy (non-hydrogen) atoms. The minimum atomic E-state index is -0.692. The number of nitro benzene ring substituents is 1. The largest absolute Gasteiger partial charge is 0.393 e. The number of para-hydroxylation sites is 1. The summed E-state index contributed by atoms with van der Waals surface area (Å²) in [4.78, 5) is 22.4. The lowest BCUT2D eigenvalue weighted by molar-refractivity contribution is -0.384. The van der Waals surface area contributed by atoms with Gasteiger partial charge >= 0.3 is 5.69 Å². The summed E-state index contributed by atoms with van der Waals surface area (Å²) in [7, 11) is 0. The second kappa shape index (κ2) is 5.00. The van der Waals surface area contributed by atoms with Crippen LogP contribution < -0.4 is 11.1 Å². The maximum absolute atomic E-state index is 12.1. The average Bonchev–Trinajstić information content (AvgIpc) is 2.70. The van der Waals surface area contributed by atoms with Crippen molar-refractivity contribution in [3.63, 3.8) is 0 Å². The highest BCUT2D eigenvalue weighted by Crippen LogP contribution is 2.27. The van der Waals surface area contributed by atoms with Gasteiger partial charge < -0.3 is 10.3 Å². The van der Waals surface area contributed by atoms with Crippen molar-refractivity contribution in [2.75, 3.05) is 11.1 Å². The number of carbonyl (C=O) groups excluding carboxylic acids is 1. The van der Waals surface area contributed by atoms with E-state index in [4.69, 9.17) is 10.3 Å². The van der Waals surface area contributed by atoms with Crippen LogP contribution >= 0.6 is 0 Å². The number of amides is 1. The second-order valence-electron chi connectivity index (χ2n) is 4.18. The Bertz CT molecular complexity index is 693. The van der Waals surface area contributed by atoms with E-state index in [1.54, 1.807) is 13.8 Å². The van der Waals surface area contributed by atoms with Crippen molar-refractivity contribution in [2.45, 2.75) is 13.8 Å². The zero-order chi connectivity index (χ0) is 14.9. The third-order valence-corrected chi connectivity index (χ3v) is 2.88. The summed E-state index contributed by atoms with van der Waals surface area (Å²) in [5.41, 5.74) is 6.17. The first-order valence-corrected chi connectivity index (χ1v) is 5.69. The number of nitro groups is 1. The van der Waals surface area contributed by atoms with Crippen LogP contribution in [0.1, 0.15) is 21.6 Å². The Labute approximate surface area is 113 Å². The van der Waals surface area contributed by atoms with E-state index in [9.17, 15) is 14.9 Å². The second-order valence-corrected chi connectivity index (χ2v) is 4.18. The monoisotopic (exact) mass is 276 g/mol. The van der Waals surface area contributed by atoms with E-state index in [1.165, 1.54) is 18.2 Å². The van der Waals surface area contributed by atoms with Gasteiger partial charge in [-0.3, -0.25) is 20.2 Å². The van der Waals surface area contributed by atoms with Crippen LogP contribution in [0.2, 0.25) is 0 Å². The molecule has 8 nitrogen and oxygen atoms in total. The molecule has 0 saturated heterocycles. The van der Waals surface area contributed by atoms with Crippen molar-refractivity contribution in [1.82, 2.24) is 5.16 Å². The number of nitrogen functional groups attached to an aromatic ring is 1. The van der Waals surface area contributed by atoms with Gasteiger partial charge in [-0.1, -0.05) is 11.2 Å². The Kier molecular flexibility index (Phi) is 3.38. The van der Waals surface area contributed by atoms with Crippen molar-refractivity contribution in [2.24, 2.45) is 0 Å². The predicted molar refractivity (Wildman–Crippen MR) is 71.4 cm³/mol. The maximum Gasteiger partial charge on any atom is 0.304 e. The number of nitrogens with two attached hydrogens (primary N) is 1. The predicted octanol–water partition coefficient (Wildman–Crippen LogP) is 2.03. The molecule has 0 radical (unpaired) electrons. The molecular formula is C12H12N4O4. The lowest BCUT2D eigenvalue weighted by atomic mass is 10.1. The highest BCUT2D eigenvalue weighted by molar-refractivity contribution is 6.08. The molecule has 104 valence electrons. The number of aryl methyl sites for hydroxylation is 1. The first kappa shape index (κ1) is 13.5. The molecule has 0 spiro atoms. The molecule has 0 aliphatic heterocycles. The number of aromatic nitrogens is 1. The molecule has 0 bridgehead atoms. The van der Waals surface area contributed by atoms with E-state index in [0.717, 1.165) is 0 Å². The Morgan fingerprint density at radius 3 is 2.70 bits per heavy atom. The summed E-state index contributed by atoms with van der Waals surface area (Å²) >= 11 is 0. The Balaban J connectivity index is 2.37. The van der Waals surface area contributed by atoms with Crippen molar-refractivity contribution in [3.8, 4) is 0 Å². The van der Waals surface area contributed by atoms with Gasteiger partial charge in [0.25, 0.3) is 5.91 Å². The van der Waals surface area contributed by atoms with Crippen LogP contribution in [-0.2, 0) is 0 Å². The van der Waals surface area contributed by atoms with Crippen LogP contribution in [0.15, 0.2) is 22.7 Å². The van der Waals surface area contributed by atoms with Crippen LogP contribution in [0.3, 0.4) is 0 Å². The van der Waals surface area contributed by atoms with Crippen molar-refractivity contribution in [1.29, 1.82) is 0 Å². The van der Waals surface area contributed by atoms with Crippen LogP contribution in [0, 0.1) is 24.0 Å². The van der Waals surface area contributed by atoms with Crippen molar-refractivity contribution < 1.29 is 14.2 Å². The quantitative estimate of drug-likeness (QED) is 0.502. The summed E-state index contributed by atoms with van der Waals surface area (Å²) < 4.78 is 4.93. The van der Waals surface area contributed by atoms with E-state index < -0.39 is 16.5 Å². The van der Waals surface area contributed by atoms with E-state index in [1.807, 2.05) is 0 Å². The van der Waals surface area contributed by atoms with E-state index in [0.29, 0.717) is 11.3 Å². The summed E-state index contributed by atoms with van der Waals surface area (Å²) in [6.07, 6.45) is 0. The SMILES string of the molecule is Cc1noc(NC(=O)c2cccc(N)c2[N+](=O)[O-])c1C. The lowest BCUT2D eigenvalue weighted by Crippen LogP contribution is -2.15. The number of rotatable bonds is 3. The molecule has 1 amide bonds. The van der Waals surface area contributed by atoms with Gasteiger partial charge in [-0.2, -0.15) is 0 Å². The normalized spacial score (nSPS) is 10.3. The molecule has 0 saturated carbocycles. The summed E-state index contributed by atoms with van der Waals surface area (Å²) in [5, 5.41) is 17.1. The molecule has 3 N–H and O–H groups in total. The molecule has 0 aliphatic carbocycles. The average molecular weight is 276 g/mol. The maximum atomic E-state index is 12.1. The van der Waals surface area contributed by atoms with Crippen molar-refractivity contribution >= 4 is 23.2 Å². The van der Waals surface area contributed by atoms with Crippen LogP contribution in [0.25, 0.3) is 0 Å². The van der Waals surface area contributed by atoms with Gasteiger partial charge in [0.2, 0.25) is 5.88 Å². The Morgan fingerprint density at radius 2 is 2.15 bits per heavy atom. The fraction of sp³-hybridized carbons (Fsp3) is 0.167. The molecule has 1 heterocycles. The van der Waals surface area contributed by atoms with Gasteiger partial charge in [-0.05, 0) is 26.0 Å². The molecule has 2 rings (SSSR count). The first-order valence-electron chi connectivity index (χ1n) is 5.69. The molecule has 0 fully saturated rings. The molecule has 8 heteroatoms. The highest BCUT2D eigenvalue weighted by atomic mass is 16.6. The minimum absolute atomic E-state index is 0.0758. The third kappa shape index (κ3) is 2.30. The summed E-state index contributed by atoms with van der Waals surface area (Å²) in [6, 6.07) is 4.15. The van der Waals surface area contributed by atoms with E-state index in [-0.39, 0.29) is 17.1 Å². The highest BCUT2D eigenvalue weighted by Gasteiger charge is 2.24. The van der Waals surface area contributed by atoms with Gasteiger partial charge in [-0.25, -0.2) is 0 Å². The lowest BCUT2D eigenvalue weighted by Gasteiger charge is -2.05. The number of nitrogens with one attached hydrogen (secondary N) is 1. The van der Waals surface area contributed by atoms with Crippen LogP contribution in [0.4, 0.5) is 17.3 Å². The molecule has 0 atom stereocenters. The summed E-state index contributed by atoms with van der Waals surface area (Å²) in [6.45, 7) is 3.44. The minimum Gasteiger partial charge on any atom is -0.393 e. The van der Waals surface area contributed by atoms with Crippen LogP contribution in [0.5, 0.6) is 0 Å². The van der Waals surface area contributed by atoms with Crippen LogP contribution in [-0.4, -0.2) is 16.0 Å². The zero-order valence-corrected chi connectivity index (χ0v) is 10.8. The van der Waals surface area contributed by atoms with Gasteiger partial charge in [-0.15, -0.1) is 0 Å². The Morgan fingerprint density at radius 1 is 1.45 bits per heavy atom. The third-order valence-electron chi connectivity index (χ3n) is 2.88. The molecule has 0 aliphatic rings. The first-order chi connectivity index (χ1) is 9.41. The van der Waals surface area contributed by atoms with E-state index in [2.05, 4.69) is 10.5 Å². The number of hydrogen-bond acceptors (Lipinski definition) is 6. The number of anilines is 2. The Hall–Kier alpha value is -2.90. The molecule has 0 unspecified atom stereocenters. The van der Waals surface area contributed by atoms with Gasteiger partial charge in [0, 0.05) is 5.56 Å². The zero-order valence-electron chi connectivity index (χ0n) is 10.8. The topological polar surface area (TPSA) is 124 Å². The number of hydrogen-bond donors (Lipinski definition) is 2. The molecule has 1 aromatic carbocycles. The molecule has 1 aromatic heterocycles. The van der Waals surface area contributed by atoms with Gasteiger partial charge in [0.1, 0.15) is 11.3 Å². The standard InChI is InChI=1S/C12H12N4O4/c1-6-7(2)15-20-12(6)14-11(17)8-4-3-5-9(13)10(8)16(18)19/h3-5H,13H2,1-2H3,(H,14,17). The van der Waals surface area contributed by atoms with Crippen molar-refractivity contribution in [3.05, 3.63) is 45.1 Å². The van der Waals surface area contributed by atoms with Gasteiger partial charge in [0.05, 0.1) is 10.6 Å². The summed E-state index contributed by atoms with van der Waals surface area (Å²) in [5.74, 6) is -0.521. The smallest absolute Gasteiger partial charge is 0.304 e. The van der Waals surface area contributed by atoms with Gasteiger partial charge in [0.15, 0.2) is 0 Å². The van der Waals surface area contributed by atoms with E-state index >= 15 is 0 Å². The number of carbonyl (C=O) groups is 1. The number of benzene rings is 1. The fourth-order valence-corrected chi connectivity index (χ4v) is 1.65. The number of nitrogens with zero attached hydrogens (tertiary/aromatic N) is 2. The fourth-order valence-electron chi connectivity index (χ4n) is 1.65. The molecule has 2 aromatic rings. The molecular weight excluding hydrogens is 264 g/mol.